The van der Waals surface area contributed by atoms with Gasteiger partial charge in [0.1, 0.15) is 34.5 Å². The third-order valence-corrected chi connectivity index (χ3v) is 4.05. The molecule has 2 aromatic carbocycles. The maximum Gasteiger partial charge on any atom is 0.274 e. The highest BCUT2D eigenvalue weighted by molar-refractivity contribution is 6.04. The number of pyridine rings is 1. The van der Waals surface area contributed by atoms with E-state index in [1.165, 1.54) is 30.3 Å². The lowest BCUT2D eigenvalue weighted by Crippen LogP contribution is -2.27. The molecular formula is C21H16F3N3O2. The molecule has 0 bridgehead atoms. The third-order valence-electron chi connectivity index (χ3n) is 4.05. The van der Waals surface area contributed by atoms with Crippen molar-refractivity contribution in [3.05, 3.63) is 95.1 Å². The number of aromatic nitrogens is 1. The Hall–Kier alpha value is -3.68. The van der Waals surface area contributed by atoms with Crippen LogP contribution in [0.25, 0.3) is 0 Å². The Bertz CT molecular complexity index is 1040. The van der Waals surface area contributed by atoms with E-state index in [4.69, 9.17) is 0 Å². The number of hydrogen-bond donors (Lipinski definition) is 2. The first-order chi connectivity index (χ1) is 14.0. The van der Waals surface area contributed by atoms with Gasteiger partial charge in [0.2, 0.25) is 0 Å². The van der Waals surface area contributed by atoms with Crippen molar-refractivity contribution in [3.8, 4) is 0 Å². The molecule has 0 aliphatic rings. The monoisotopic (exact) mass is 399 g/mol. The van der Waals surface area contributed by atoms with Crippen LogP contribution in [0.3, 0.4) is 0 Å². The molecule has 0 spiro atoms. The van der Waals surface area contributed by atoms with E-state index in [1.807, 2.05) is 0 Å². The summed E-state index contributed by atoms with van der Waals surface area (Å²) in [6.45, 7) is 0.165. The molecule has 5 nitrogen and oxygen atoms in total. The van der Waals surface area contributed by atoms with E-state index < -0.39 is 29.1 Å². The molecule has 0 saturated heterocycles. The quantitative estimate of drug-likeness (QED) is 0.664. The minimum atomic E-state index is -0.930. The zero-order chi connectivity index (χ0) is 20.8. The summed E-state index contributed by atoms with van der Waals surface area (Å²) in [6.07, 6.45) is 0.283. The van der Waals surface area contributed by atoms with Gasteiger partial charge in [-0.2, -0.15) is 0 Å². The van der Waals surface area contributed by atoms with Crippen LogP contribution >= 0.6 is 0 Å². The van der Waals surface area contributed by atoms with Crippen LogP contribution in [0, 0.1) is 17.5 Å². The SMILES string of the molecule is O=C(NCCc1ccccc1F)c1cccc(C(=O)Nc2c(F)cccc2F)n1. The lowest BCUT2D eigenvalue weighted by atomic mass is 10.1. The fourth-order valence-corrected chi connectivity index (χ4v) is 2.58. The lowest BCUT2D eigenvalue weighted by molar-refractivity contribution is 0.0949. The Balaban J connectivity index is 1.64. The maximum atomic E-state index is 13.7. The van der Waals surface area contributed by atoms with Crippen LogP contribution in [0.1, 0.15) is 26.5 Å². The van der Waals surface area contributed by atoms with Crippen LogP contribution in [0.15, 0.2) is 60.7 Å². The van der Waals surface area contributed by atoms with Gasteiger partial charge in [0.15, 0.2) is 0 Å². The van der Waals surface area contributed by atoms with E-state index in [1.54, 1.807) is 18.2 Å². The van der Waals surface area contributed by atoms with Crippen LogP contribution in [0.2, 0.25) is 0 Å². The summed E-state index contributed by atoms with van der Waals surface area (Å²) >= 11 is 0. The fourth-order valence-electron chi connectivity index (χ4n) is 2.58. The molecule has 8 heteroatoms. The summed E-state index contributed by atoms with van der Waals surface area (Å²) in [5, 5.41) is 4.70. The number of benzene rings is 2. The summed E-state index contributed by atoms with van der Waals surface area (Å²) in [4.78, 5) is 28.4. The van der Waals surface area contributed by atoms with Gasteiger partial charge in [-0.05, 0) is 42.3 Å². The zero-order valence-electron chi connectivity index (χ0n) is 15.1. The molecule has 0 unspecified atom stereocenters. The normalized spacial score (nSPS) is 10.4. The second-order valence-corrected chi connectivity index (χ2v) is 6.06. The number of amides is 2. The molecular weight excluding hydrogens is 383 g/mol. The largest absolute Gasteiger partial charge is 0.350 e. The molecule has 29 heavy (non-hydrogen) atoms. The molecule has 0 fully saturated rings. The molecule has 1 heterocycles. The highest BCUT2D eigenvalue weighted by Crippen LogP contribution is 2.18. The van der Waals surface area contributed by atoms with Crippen molar-refractivity contribution in [1.82, 2.24) is 10.3 Å². The van der Waals surface area contributed by atoms with E-state index in [-0.39, 0.29) is 30.2 Å². The highest BCUT2D eigenvalue weighted by Gasteiger charge is 2.16. The molecule has 3 aromatic rings. The van der Waals surface area contributed by atoms with Crippen LogP contribution in [-0.4, -0.2) is 23.3 Å². The minimum absolute atomic E-state index is 0.0554. The molecule has 0 atom stereocenters. The first kappa shape index (κ1) is 20.1. The summed E-state index contributed by atoms with van der Waals surface area (Å²) in [7, 11) is 0. The zero-order valence-corrected chi connectivity index (χ0v) is 15.1. The number of nitrogens with zero attached hydrogens (tertiary/aromatic N) is 1. The molecule has 0 radical (unpaired) electrons. The Labute approximate surface area is 164 Å². The smallest absolute Gasteiger partial charge is 0.274 e. The van der Waals surface area contributed by atoms with Crippen LogP contribution < -0.4 is 10.6 Å². The third kappa shape index (κ3) is 4.98. The van der Waals surface area contributed by atoms with E-state index in [0.717, 1.165) is 12.1 Å². The number of halogens is 3. The topological polar surface area (TPSA) is 71.1 Å². The van der Waals surface area contributed by atoms with Crippen LogP contribution in [0.4, 0.5) is 18.9 Å². The number of hydrogen-bond acceptors (Lipinski definition) is 3. The van der Waals surface area contributed by atoms with Crippen LogP contribution in [-0.2, 0) is 6.42 Å². The Morgan fingerprint density at radius 2 is 1.34 bits per heavy atom. The van der Waals surface area contributed by atoms with Gasteiger partial charge in [-0.1, -0.05) is 30.3 Å². The standard InChI is InChI=1S/C21H16F3N3O2/c22-14-6-2-1-5-13(14)11-12-25-20(28)17-9-4-10-18(26-17)21(29)27-19-15(23)7-3-8-16(19)24/h1-10H,11-12H2,(H,25,28)(H,27,29). The van der Waals surface area contributed by atoms with Gasteiger partial charge < -0.3 is 10.6 Å². The van der Waals surface area contributed by atoms with Crippen molar-refractivity contribution in [2.75, 3.05) is 11.9 Å². The van der Waals surface area contributed by atoms with E-state index >= 15 is 0 Å². The van der Waals surface area contributed by atoms with Gasteiger partial charge in [-0.3, -0.25) is 9.59 Å². The van der Waals surface area contributed by atoms with Crippen molar-refractivity contribution in [1.29, 1.82) is 0 Å². The molecule has 1 aromatic heterocycles. The first-order valence-corrected chi connectivity index (χ1v) is 8.69. The number of para-hydroxylation sites is 1. The van der Waals surface area contributed by atoms with E-state index in [2.05, 4.69) is 15.6 Å². The summed E-state index contributed by atoms with van der Waals surface area (Å²) < 4.78 is 40.9. The van der Waals surface area contributed by atoms with Gasteiger partial charge in [-0.25, -0.2) is 18.2 Å². The second-order valence-electron chi connectivity index (χ2n) is 6.06. The van der Waals surface area contributed by atoms with Crippen molar-refractivity contribution >= 4 is 17.5 Å². The molecule has 3 rings (SSSR count). The number of rotatable bonds is 6. The summed E-state index contributed by atoms with van der Waals surface area (Å²) in [6, 6.07) is 13.5. The Morgan fingerprint density at radius 3 is 2.03 bits per heavy atom. The van der Waals surface area contributed by atoms with Crippen molar-refractivity contribution < 1.29 is 22.8 Å². The lowest BCUT2D eigenvalue weighted by Gasteiger charge is -2.09. The van der Waals surface area contributed by atoms with Crippen LogP contribution in [0.5, 0.6) is 0 Å². The van der Waals surface area contributed by atoms with Crippen molar-refractivity contribution in [2.24, 2.45) is 0 Å². The fraction of sp³-hybridized carbons (Fsp3) is 0.0952. The average molecular weight is 399 g/mol. The number of anilines is 1. The summed E-state index contributed by atoms with van der Waals surface area (Å²) in [5.74, 6) is -3.65. The Morgan fingerprint density at radius 1 is 0.759 bits per heavy atom. The second kappa shape index (κ2) is 9.01. The van der Waals surface area contributed by atoms with Gasteiger partial charge in [0, 0.05) is 6.54 Å². The predicted octanol–water partition coefficient (Wildman–Crippen LogP) is 3.72. The van der Waals surface area contributed by atoms with E-state index in [0.29, 0.717) is 5.56 Å². The summed E-state index contributed by atoms with van der Waals surface area (Å²) in [5.41, 5.74) is -0.380. The van der Waals surface area contributed by atoms with Gasteiger partial charge in [-0.15, -0.1) is 0 Å². The number of carbonyl (C=O) groups excluding carboxylic acids is 2. The van der Waals surface area contributed by atoms with Crippen molar-refractivity contribution in [2.45, 2.75) is 6.42 Å². The average Bonchev–Trinajstić information content (AvgIpc) is 2.72. The minimum Gasteiger partial charge on any atom is -0.350 e. The number of nitrogens with one attached hydrogen (secondary N) is 2. The molecule has 0 aliphatic heterocycles. The molecule has 148 valence electrons. The first-order valence-electron chi connectivity index (χ1n) is 8.69. The molecule has 2 N–H and O–H groups in total. The molecule has 0 aliphatic carbocycles. The van der Waals surface area contributed by atoms with Crippen molar-refractivity contribution in [3.63, 3.8) is 0 Å². The van der Waals surface area contributed by atoms with Gasteiger partial charge >= 0.3 is 0 Å². The van der Waals surface area contributed by atoms with Gasteiger partial charge in [0.25, 0.3) is 11.8 Å². The molecule has 2 amide bonds. The maximum absolute atomic E-state index is 13.7. The molecule has 0 saturated carbocycles. The predicted molar refractivity (Wildman–Crippen MR) is 101 cm³/mol. The highest BCUT2D eigenvalue weighted by atomic mass is 19.1. The van der Waals surface area contributed by atoms with Gasteiger partial charge in [0.05, 0.1) is 0 Å². The Kier molecular flexibility index (Phi) is 6.23. The van der Waals surface area contributed by atoms with E-state index in [9.17, 15) is 22.8 Å². The number of carbonyl (C=O) groups is 2.